The average molecular weight is 212 g/mol. The maximum absolute atomic E-state index is 11.1. The molecule has 0 spiro atoms. The van der Waals surface area contributed by atoms with Gasteiger partial charge < -0.3 is 4.74 Å². The number of hydrogen-bond acceptors (Lipinski definition) is 2. The van der Waals surface area contributed by atoms with Crippen molar-refractivity contribution in [3.63, 3.8) is 0 Å². The molecule has 0 amide bonds. The van der Waals surface area contributed by atoms with Crippen LogP contribution in [0.15, 0.2) is 12.2 Å². The molecule has 0 bridgehead atoms. The molecule has 0 aromatic carbocycles. The molecule has 0 aliphatic heterocycles. The Morgan fingerprint density at radius 2 is 2.07 bits per heavy atom. The molecule has 1 atom stereocenters. The van der Waals surface area contributed by atoms with Crippen LogP contribution < -0.4 is 0 Å². The smallest absolute Gasteiger partial charge is 0.309 e. The summed E-state index contributed by atoms with van der Waals surface area (Å²) in [5.41, 5.74) is 0. The lowest BCUT2D eigenvalue weighted by molar-refractivity contribution is -0.142. The van der Waals surface area contributed by atoms with Crippen molar-refractivity contribution in [2.24, 2.45) is 5.92 Å². The first kappa shape index (κ1) is 14.2. The zero-order valence-electron chi connectivity index (χ0n) is 10.3. The summed E-state index contributed by atoms with van der Waals surface area (Å²) in [5.74, 6) is 0.499. The van der Waals surface area contributed by atoms with Crippen LogP contribution in [-0.4, -0.2) is 12.6 Å². The van der Waals surface area contributed by atoms with Crippen molar-refractivity contribution in [2.75, 3.05) is 6.61 Å². The molecule has 2 heteroatoms. The number of esters is 1. The normalized spacial score (nSPS) is 13.0. The van der Waals surface area contributed by atoms with Gasteiger partial charge in [0.05, 0.1) is 13.0 Å². The minimum atomic E-state index is -0.126. The molecule has 0 fully saturated rings. The lowest BCUT2D eigenvalue weighted by atomic mass is 9.99. The van der Waals surface area contributed by atoms with Crippen molar-refractivity contribution >= 4 is 5.97 Å². The molecule has 0 N–H and O–H groups in total. The molecule has 0 heterocycles. The summed E-state index contributed by atoms with van der Waals surface area (Å²) in [6, 6.07) is 0. The topological polar surface area (TPSA) is 26.3 Å². The highest BCUT2D eigenvalue weighted by molar-refractivity contribution is 5.71. The molecule has 0 aromatic rings. The van der Waals surface area contributed by atoms with Crippen molar-refractivity contribution in [2.45, 2.75) is 52.9 Å². The van der Waals surface area contributed by atoms with Crippen LogP contribution >= 0.6 is 0 Å². The number of carbonyl (C=O) groups excluding carboxylic acids is 1. The highest BCUT2D eigenvalue weighted by Crippen LogP contribution is 2.14. The van der Waals surface area contributed by atoms with E-state index in [9.17, 15) is 4.79 Å². The van der Waals surface area contributed by atoms with Crippen LogP contribution in [0.4, 0.5) is 0 Å². The molecular formula is C13H24O2. The Morgan fingerprint density at radius 3 is 2.60 bits per heavy atom. The van der Waals surface area contributed by atoms with Gasteiger partial charge in [-0.1, -0.05) is 38.8 Å². The molecular weight excluding hydrogens is 188 g/mol. The van der Waals surface area contributed by atoms with E-state index < -0.39 is 0 Å². The van der Waals surface area contributed by atoms with Gasteiger partial charge in [-0.05, 0) is 25.7 Å². The van der Waals surface area contributed by atoms with Crippen molar-refractivity contribution in [1.29, 1.82) is 0 Å². The summed E-state index contributed by atoms with van der Waals surface area (Å²) < 4.78 is 4.85. The van der Waals surface area contributed by atoms with Crippen molar-refractivity contribution in [3.05, 3.63) is 12.2 Å². The Labute approximate surface area is 93.7 Å². The highest BCUT2D eigenvalue weighted by atomic mass is 16.5. The number of hydrogen-bond donors (Lipinski definition) is 0. The Balaban J connectivity index is 3.74. The van der Waals surface area contributed by atoms with E-state index in [1.807, 2.05) is 13.0 Å². The fourth-order valence-corrected chi connectivity index (χ4v) is 1.48. The molecule has 0 aliphatic carbocycles. The van der Waals surface area contributed by atoms with E-state index in [1.54, 1.807) is 0 Å². The number of unbranched alkanes of at least 4 members (excludes halogenated alkanes) is 1. The third-order valence-electron chi connectivity index (χ3n) is 2.45. The predicted molar refractivity (Wildman–Crippen MR) is 63.7 cm³/mol. The minimum Gasteiger partial charge on any atom is -0.466 e. The fourth-order valence-electron chi connectivity index (χ4n) is 1.48. The minimum absolute atomic E-state index is 0.126. The van der Waals surface area contributed by atoms with E-state index in [0.717, 1.165) is 6.42 Å². The Hall–Kier alpha value is -0.790. The van der Waals surface area contributed by atoms with Gasteiger partial charge in [-0.2, -0.15) is 0 Å². The van der Waals surface area contributed by atoms with E-state index in [1.165, 1.54) is 19.3 Å². The molecule has 0 unspecified atom stereocenters. The quantitative estimate of drug-likeness (QED) is 0.453. The molecule has 0 aliphatic rings. The number of allylic oxidation sites excluding steroid dienone is 1. The average Bonchev–Trinajstić information content (AvgIpc) is 2.23. The molecule has 0 rings (SSSR count). The van der Waals surface area contributed by atoms with Gasteiger partial charge in [0.1, 0.15) is 0 Å². The maximum Gasteiger partial charge on any atom is 0.309 e. The molecule has 0 saturated heterocycles. The van der Waals surface area contributed by atoms with E-state index in [4.69, 9.17) is 4.74 Å². The summed E-state index contributed by atoms with van der Waals surface area (Å²) in [6.07, 6.45) is 9.40. The molecule has 88 valence electrons. The third-order valence-corrected chi connectivity index (χ3v) is 2.45. The van der Waals surface area contributed by atoms with Gasteiger partial charge in [0.15, 0.2) is 0 Å². The van der Waals surface area contributed by atoms with Crippen LogP contribution in [-0.2, 0) is 9.53 Å². The zero-order valence-corrected chi connectivity index (χ0v) is 10.3. The molecule has 0 radical (unpaired) electrons. The first-order valence-electron chi connectivity index (χ1n) is 6.06. The predicted octanol–water partition coefficient (Wildman–Crippen LogP) is 3.71. The largest absolute Gasteiger partial charge is 0.466 e. The van der Waals surface area contributed by atoms with Gasteiger partial charge in [-0.15, -0.1) is 0 Å². The number of carbonyl (C=O) groups is 1. The second-order valence-electron chi connectivity index (χ2n) is 3.75. The fraction of sp³-hybridized carbons (Fsp3) is 0.769. The monoisotopic (exact) mass is 212 g/mol. The van der Waals surface area contributed by atoms with Crippen molar-refractivity contribution in [3.8, 4) is 0 Å². The summed E-state index contributed by atoms with van der Waals surface area (Å²) in [7, 11) is 0. The Morgan fingerprint density at radius 1 is 1.33 bits per heavy atom. The molecule has 0 aromatic heterocycles. The van der Waals surface area contributed by atoms with Gasteiger partial charge in [0.2, 0.25) is 0 Å². The molecule has 0 saturated carbocycles. The zero-order chi connectivity index (χ0) is 11.5. The van der Waals surface area contributed by atoms with Gasteiger partial charge in [0.25, 0.3) is 0 Å². The number of ether oxygens (including phenoxy) is 1. The van der Waals surface area contributed by atoms with E-state index >= 15 is 0 Å². The van der Waals surface area contributed by atoms with Gasteiger partial charge in [0, 0.05) is 0 Å². The van der Waals surface area contributed by atoms with Crippen LogP contribution in [0.2, 0.25) is 0 Å². The Kier molecular flexibility index (Phi) is 9.24. The van der Waals surface area contributed by atoms with Crippen molar-refractivity contribution in [1.82, 2.24) is 0 Å². The van der Waals surface area contributed by atoms with Crippen molar-refractivity contribution < 1.29 is 9.53 Å². The van der Waals surface area contributed by atoms with Crippen LogP contribution in [0.1, 0.15) is 52.9 Å². The summed E-state index contributed by atoms with van der Waals surface area (Å²) in [4.78, 5) is 11.1. The summed E-state index contributed by atoms with van der Waals surface area (Å²) in [6.45, 7) is 6.70. The van der Waals surface area contributed by atoms with E-state index in [-0.39, 0.29) is 5.97 Å². The first-order valence-corrected chi connectivity index (χ1v) is 6.06. The third kappa shape index (κ3) is 8.22. The van der Waals surface area contributed by atoms with Gasteiger partial charge in [-0.3, -0.25) is 4.79 Å². The van der Waals surface area contributed by atoms with Crippen LogP contribution in [0.3, 0.4) is 0 Å². The Bertz CT molecular complexity index is 185. The molecule has 15 heavy (non-hydrogen) atoms. The standard InChI is InChI=1S/C13H24O2/c1-4-7-9-12(5-2)10-8-11-13(14)15-6-3/h8,10,12H,4-7,9,11H2,1-3H3/b10-8+/t12-/m1/s1. The molecule has 2 nitrogen and oxygen atoms in total. The van der Waals surface area contributed by atoms with Gasteiger partial charge in [-0.25, -0.2) is 0 Å². The SMILES string of the molecule is CCCC[C@H](/C=C/CC(=O)OCC)CC. The first-order chi connectivity index (χ1) is 7.24. The second-order valence-corrected chi connectivity index (χ2v) is 3.75. The lowest BCUT2D eigenvalue weighted by Crippen LogP contribution is -2.02. The van der Waals surface area contributed by atoms with E-state index in [2.05, 4.69) is 19.9 Å². The lowest BCUT2D eigenvalue weighted by Gasteiger charge is -2.08. The van der Waals surface area contributed by atoms with E-state index in [0.29, 0.717) is 18.9 Å². The van der Waals surface area contributed by atoms with Crippen LogP contribution in [0.5, 0.6) is 0 Å². The summed E-state index contributed by atoms with van der Waals surface area (Å²) in [5, 5.41) is 0. The summed E-state index contributed by atoms with van der Waals surface area (Å²) >= 11 is 0. The van der Waals surface area contributed by atoms with Crippen LogP contribution in [0, 0.1) is 5.92 Å². The van der Waals surface area contributed by atoms with Gasteiger partial charge >= 0.3 is 5.97 Å². The highest BCUT2D eigenvalue weighted by Gasteiger charge is 2.01. The number of rotatable bonds is 8. The van der Waals surface area contributed by atoms with Crippen LogP contribution in [0.25, 0.3) is 0 Å². The second kappa shape index (κ2) is 9.75. The maximum atomic E-state index is 11.1.